The third kappa shape index (κ3) is 1.60. The Morgan fingerprint density at radius 3 is 2.55 bits per heavy atom. The molecule has 0 saturated carbocycles. The highest BCUT2D eigenvalue weighted by Crippen LogP contribution is 2.14. The number of aryl methyl sites for hydroxylation is 1. The van der Waals surface area contributed by atoms with Crippen molar-refractivity contribution >= 4 is 0 Å². The lowest BCUT2D eigenvalue weighted by Crippen LogP contribution is -2.16. The predicted octanol–water partition coefficient (Wildman–Crippen LogP) is 1.34. The van der Waals surface area contributed by atoms with Gasteiger partial charge < -0.3 is 5.11 Å². The number of nitrogens with zero attached hydrogens (tertiary/aromatic N) is 2. The minimum absolute atomic E-state index is 0.202. The molecule has 0 fully saturated rings. The highest BCUT2D eigenvalue weighted by molar-refractivity contribution is 4.97. The van der Waals surface area contributed by atoms with E-state index in [2.05, 4.69) is 5.10 Å². The first kappa shape index (κ1) is 8.27. The van der Waals surface area contributed by atoms with Gasteiger partial charge in [0.1, 0.15) is 6.23 Å². The molecule has 1 N–H and O–H groups in total. The SMILES string of the molecule is Cc1ccnn1C(O)C(C)C. The summed E-state index contributed by atoms with van der Waals surface area (Å²) in [5.41, 5.74) is 0.992. The summed E-state index contributed by atoms with van der Waals surface area (Å²) in [6, 6.07) is 1.88. The highest BCUT2D eigenvalue weighted by atomic mass is 16.3. The lowest BCUT2D eigenvalue weighted by atomic mass is 10.2. The molecular weight excluding hydrogens is 140 g/mol. The molecule has 11 heavy (non-hydrogen) atoms. The van der Waals surface area contributed by atoms with E-state index in [9.17, 15) is 5.11 Å². The van der Waals surface area contributed by atoms with Crippen molar-refractivity contribution < 1.29 is 5.11 Å². The van der Waals surface area contributed by atoms with Crippen molar-refractivity contribution in [1.82, 2.24) is 9.78 Å². The van der Waals surface area contributed by atoms with Crippen LogP contribution in [0.2, 0.25) is 0 Å². The van der Waals surface area contributed by atoms with Crippen molar-refractivity contribution in [2.24, 2.45) is 5.92 Å². The van der Waals surface area contributed by atoms with Gasteiger partial charge in [0.15, 0.2) is 0 Å². The molecule has 1 atom stereocenters. The summed E-state index contributed by atoms with van der Waals surface area (Å²) in [6.07, 6.45) is 1.20. The molecule has 0 bridgehead atoms. The van der Waals surface area contributed by atoms with Crippen LogP contribution in [0, 0.1) is 12.8 Å². The Bertz CT molecular complexity index is 230. The van der Waals surface area contributed by atoms with Gasteiger partial charge in [-0.2, -0.15) is 5.10 Å². The van der Waals surface area contributed by atoms with E-state index in [0.29, 0.717) is 0 Å². The van der Waals surface area contributed by atoms with Crippen LogP contribution >= 0.6 is 0 Å². The summed E-state index contributed by atoms with van der Waals surface area (Å²) in [4.78, 5) is 0. The van der Waals surface area contributed by atoms with Gasteiger partial charge in [-0.3, -0.25) is 0 Å². The van der Waals surface area contributed by atoms with E-state index in [4.69, 9.17) is 0 Å². The maximum absolute atomic E-state index is 9.57. The van der Waals surface area contributed by atoms with Crippen molar-refractivity contribution in [3.05, 3.63) is 18.0 Å². The molecule has 0 aliphatic heterocycles. The van der Waals surface area contributed by atoms with Crippen molar-refractivity contribution in [2.75, 3.05) is 0 Å². The van der Waals surface area contributed by atoms with Crippen LogP contribution in [0.25, 0.3) is 0 Å². The molecule has 0 spiro atoms. The topological polar surface area (TPSA) is 38.0 Å². The molecule has 1 aromatic rings. The van der Waals surface area contributed by atoms with Crippen LogP contribution in [0.4, 0.5) is 0 Å². The van der Waals surface area contributed by atoms with E-state index in [-0.39, 0.29) is 5.92 Å². The van der Waals surface area contributed by atoms with Gasteiger partial charge in [-0.25, -0.2) is 4.68 Å². The van der Waals surface area contributed by atoms with Gasteiger partial charge >= 0.3 is 0 Å². The summed E-state index contributed by atoms with van der Waals surface area (Å²) in [5, 5.41) is 13.6. The molecular formula is C8H14N2O. The molecule has 0 radical (unpaired) electrons. The fourth-order valence-electron chi connectivity index (χ4n) is 0.940. The van der Waals surface area contributed by atoms with E-state index in [1.165, 1.54) is 0 Å². The Hall–Kier alpha value is -0.830. The van der Waals surface area contributed by atoms with Gasteiger partial charge in [-0.15, -0.1) is 0 Å². The summed E-state index contributed by atoms with van der Waals surface area (Å²) in [6.45, 7) is 5.86. The number of aromatic nitrogens is 2. The van der Waals surface area contributed by atoms with Crippen LogP contribution in [-0.2, 0) is 0 Å². The molecule has 62 valence electrons. The first-order valence-electron chi connectivity index (χ1n) is 3.81. The quantitative estimate of drug-likeness (QED) is 0.698. The Labute approximate surface area is 66.7 Å². The monoisotopic (exact) mass is 154 g/mol. The number of hydrogen-bond donors (Lipinski definition) is 1. The fourth-order valence-corrected chi connectivity index (χ4v) is 0.940. The molecule has 1 aromatic heterocycles. The summed E-state index contributed by atoms with van der Waals surface area (Å²) in [7, 11) is 0. The van der Waals surface area contributed by atoms with Crippen LogP contribution in [0.1, 0.15) is 25.8 Å². The average molecular weight is 154 g/mol. The maximum atomic E-state index is 9.57. The molecule has 3 nitrogen and oxygen atoms in total. The molecule has 0 saturated heterocycles. The van der Waals surface area contributed by atoms with Crippen molar-refractivity contribution in [3.8, 4) is 0 Å². The lowest BCUT2D eigenvalue weighted by Gasteiger charge is -2.16. The third-order valence-electron chi connectivity index (χ3n) is 1.72. The number of hydrogen-bond acceptors (Lipinski definition) is 2. The van der Waals surface area contributed by atoms with Crippen LogP contribution < -0.4 is 0 Å². The molecule has 1 heterocycles. The zero-order valence-corrected chi connectivity index (χ0v) is 7.15. The van der Waals surface area contributed by atoms with Crippen LogP contribution in [0.3, 0.4) is 0 Å². The zero-order valence-electron chi connectivity index (χ0n) is 7.15. The average Bonchev–Trinajstić information content (AvgIpc) is 2.33. The smallest absolute Gasteiger partial charge is 0.149 e. The standard InChI is InChI=1S/C8H14N2O/c1-6(2)8(11)10-7(3)4-5-9-10/h4-6,8,11H,1-3H3. The number of aliphatic hydroxyl groups is 1. The molecule has 1 rings (SSSR count). The van der Waals surface area contributed by atoms with Crippen LogP contribution in [-0.4, -0.2) is 14.9 Å². The van der Waals surface area contributed by atoms with Crippen molar-refractivity contribution in [1.29, 1.82) is 0 Å². The highest BCUT2D eigenvalue weighted by Gasteiger charge is 2.12. The predicted molar refractivity (Wildman–Crippen MR) is 43.1 cm³/mol. The second-order valence-corrected chi connectivity index (χ2v) is 3.07. The van der Waals surface area contributed by atoms with E-state index in [1.807, 2.05) is 26.8 Å². The number of rotatable bonds is 2. The normalized spacial score (nSPS) is 13.9. The van der Waals surface area contributed by atoms with Gasteiger partial charge in [0.2, 0.25) is 0 Å². The van der Waals surface area contributed by atoms with Crippen molar-refractivity contribution in [2.45, 2.75) is 27.0 Å². The summed E-state index contributed by atoms with van der Waals surface area (Å²) < 4.78 is 1.63. The van der Waals surface area contributed by atoms with Crippen molar-refractivity contribution in [3.63, 3.8) is 0 Å². The second-order valence-electron chi connectivity index (χ2n) is 3.07. The van der Waals surface area contributed by atoms with Gasteiger partial charge in [-0.1, -0.05) is 13.8 Å². The second kappa shape index (κ2) is 3.05. The van der Waals surface area contributed by atoms with Gasteiger partial charge in [0.05, 0.1) is 0 Å². The van der Waals surface area contributed by atoms with Crippen LogP contribution in [0.5, 0.6) is 0 Å². The van der Waals surface area contributed by atoms with Gasteiger partial charge in [-0.05, 0) is 18.9 Å². The largest absolute Gasteiger partial charge is 0.371 e. The van der Waals surface area contributed by atoms with E-state index in [0.717, 1.165) is 5.69 Å². The first-order chi connectivity index (χ1) is 5.13. The first-order valence-corrected chi connectivity index (χ1v) is 3.81. The van der Waals surface area contributed by atoms with E-state index >= 15 is 0 Å². The Kier molecular flexibility index (Phi) is 2.29. The minimum Gasteiger partial charge on any atom is -0.371 e. The maximum Gasteiger partial charge on any atom is 0.149 e. The molecule has 0 amide bonds. The minimum atomic E-state index is -0.495. The van der Waals surface area contributed by atoms with Gasteiger partial charge in [0.25, 0.3) is 0 Å². The third-order valence-corrected chi connectivity index (χ3v) is 1.72. The lowest BCUT2D eigenvalue weighted by molar-refractivity contribution is 0.0430. The zero-order chi connectivity index (χ0) is 8.43. The Morgan fingerprint density at radius 2 is 2.18 bits per heavy atom. The van der Waals surface area contributed by atoms with E-state index < -0.39 is 6.23 Å². The fraction of sp³-hybridized carbons (Fsp3) is 0.625. The number of aliphatic hydroxyl groups excluding tert-OH is 1. The Balaban J connectivity index is 2.84. The summed E-state index contributed by atoms with van der Waals surface area (Å²) in [5.74, 6) is 0.202. The molecule has 3 heteroatoms. The molecule has 0 aliphatic rings. The van der Waals surface area contributed by atoms with Gasteiger partial charge in [0, 0.05) is 11.9 Å². The van der Waals surface area contributed by atoms with E-state index in [1.54, 1.807) is 10.9 Å². The molecule has 1 unspecified atom stereocenters. The molecule has 0 aliphatic carbocycles. The van der Waals surface area contributed by atoms with Crippen LogP contribution in [0.15, 0.2) is 12.3 Å². The Morgan fingerprint density at radius 1 is 1.55 bits per heavy atom. The summed E-state index contributed by atoms with van der Waals surface area (Å²) >= 11 is 0. The molecule has 0 aromatic carbocycles.